The van der Waals surface area contributed by atoms with Gasteiger partial charge in [-0.05, 0) is 19.5 Å². The van der Waals surface area contributed by atoms with E-state index < -0.39 is 5.60 Å². The zero-order chi connectivity index (χ0) is 13.0. The Hall–Kier alpha value is -0.900. The molecule has 1 heterocycles. The zero-order valence-electron chi connectivity index (χ0n) is 11.4. The van der Waals surface area contributed by atoms with Crippen molar-refractivity contribution in [2.75, 3.05) is 26.8 Å². The molecule has 3 nitrogen and oxygen atoms in total. The highest BCUT2D eigenvalue weighted by molar-refractivity contribution is 5.21. The predicted molar refractivity (Wildman–Crippen MR) is 72.5 cm³/mol. The van der Waals surface area contributed by atoms with Crippen LogP contribution >= 0.6 is 0 Å². The number of aryl methyl sites for hydroxylation is 1. The molecule has 1 aliphatic rings. The maximum absolute atomic E-state index is 10.4. The number of benzene rings is 1. The molecule has 100 valence electrons. The van der Waals surface area contributed by atoms with Crippen molar-refractivity contribution >= 4 is 0 Å². The van der Waals surface area contributed by atoms with Gasteiger partial charge in [-0.2, -0.15) is 0 Å². The van der Waals surface area contributed by atoms with Crippen LogP contribution in [0.25, 0.3) is 0 Å². The van der Waals surface area contributed by atoms with Gasteiger partial charge in [-0.3, -0.25) is 4.90 Å². The summed E-state index contributed by atoms with van der Waals surface area (Å²) in [5, 5.41) is 10.4. The average Bonchev–Trinajstić information content (AvgIpc) is 2.32. The minimum atomic E-state index is -0.572. The summed E-state index contributed by atoms with van der Waals surface area (Å²) in [4.78, 5) is 2.19. The molecular weight excluding hydrogens is 226 g/mol. The van der Waals surface area contributed by atoms with Crippen LogP contribution in [0.15, 0.2) is 24.3 Å². The van der Waals surface area contributed by atoms with Gasteiger partial charge in [0, 0.05) is 39.1 Å². The van der Waals surface area contributed by atoms with Gasteiger partial charge < -0.3 is 9.84 Å². The third-order valence-electron chi connectivity index (χ3n) is 3.56. The summed E-state index contributed by atoms with van der Waals surface area (Å²) >= 11 is 0. The zero-order valence-corrected chi connectivity index (χ0v) is 11.4. The summed E-state index contributed by atoms with van der Waals surface area (Å²) in [6.07, 6.45) is 1.48. The highest BCUT2D eigenvalue weighted by Gasteiger charge is 2.30. The summed E-state index contributed by atoms with van der Waals surface area (Å²) in [6.45, 7) is 5.04. The minimum Gasteiger partial charge on any atom is -0.388 e. The molecule has 1 aromatic rings. The van der Waals surface area contributed by atoms with Crippen molar-refractivity contribution in [1.82, 2.24) is 4.90 Å². The van der Waals surface area contributed by atoms with Gasteiger partial charge in [0.05, 0.1) is 5.60 Å². The van der Waals surface area contributed by atoms with Gasteiger partial charge in [0.25, 0.3) is 0 Å². The van der Waals surface area contributed by atoms with Crippen LogP contribution in [0, 0.1) is 6.92 Å². The number of rotatable bonds is 4. The molecule has 1 N–H and O–H groups in total. The molecule has 3 heteroatoms. The lowest BCUT2D eigenvalue weighted by Crippen LogP contribution is -2.45. The molecule has 0 unspecified atom stereocenters. The number of likely N-dealkylation sites (N-methyl/N-ethyl adjacent to an activating group) is 1. The van der Waals surface area contributed by atoms with Gasteiger partial charge in [0.1, 0.15) is 0 Å². The van der Waals surface area contributed by atoms with Gasteiger partial charge in [-0.15, -0.1) is 0 Å². The lowest BCUT2D eigenvalue weighted by Gasteiger charge is -2.35. The van der Waals surface area contributed by atoms with E-state index in [9.17, 15) is 5.11 Å². The maximum atomic E-state index is 10.4. The van der Waals surface area contributed by atoms with E-state index in [0.29, 0.717) is 19.8 Å². The molecule has 0 aromatic heterocycles. The Morgan fingerprint density at radius 3 is 2.44 bits per heavy atom. The Morgan fingerprint density at radius 2 is 1.83 bits per heavy atom. The summed E-state index contributed by atoms with van der Waals surface area (Å²) in [6, 6.07) is 8.57. The lowest BCUT2D eigenvalue weighted by molar-refractivity contribution is -0.0777. The van der Waals surface area contributed by atoms with Crippen LogP contribution in [-0.4, -0.2) is 42.4 Å². The van der Waals surface area contributed by atoms with Crippen molar-refractivity contribution in [3.05, 3.63) is 35.4 Å². The molecular formula is C15H23NO2. The maximum Gasteiger partial charge on any atom is 0.0817 e. The number of ether oxygens (including phenoxy) is 1. The summed E-state index contributed by atoms with van der Waals surface area (Å²) in [5.41, 5.74) is 2.00. The third-order valence-corrected chi connectivity index (χ3v) is 3.56. The molecule has 1 aliphatic heterocycles. The normalized spacial score (nSPS) is 19.1. The van der Waals surface area contributed by atoms with Gasteiger partial charge in [-0.25, -0.2) is 0 Å². The van der Waals surface area contributed by atoms with E-state index in [0.717, 1.165) is 19.4 Å². The second kappa shape index (κ2) is 5.83. The van der Waals surface area contributed by atoms with Crippen molar-refractivity contribution in [1.29, 1.82) is 0 Å². The van der Waals surface area contributed by atoms with Gasteiger partial charge in [0.15, 0.2) is 0 Å². The van der Waals surface area contributed by atoms with E-state index in [-0.39, 0.29) is 0 Å². The van der Waals surface area contributed by atoms with Crippen LogP contribution < -0.4 is 0 Å². The molecule has 1 aromatic carbocycles. The molecule has 1 saturated heterocycles. The number of hydrogen-bond acceptors (Lipinski definition) is 3. The largest absolute Gasteiger partial charge is 0.388 e. The van der Waals surface area contributed by atoms with Gasteiger partial charge in [0.2, 0.25) is 0 Å². The Bertz CT molecular complexity index is 369. The lowest BCUT2D eigenvalue weighted by atomic mass is 9.94. The number of nitrogens with zero attached hydrogens (tertiary/aromatic N) is 1. The quantitative estimate of drug-likeness (QED) is 0.885. The highest BCUT2D eigenvalue weighted by Crippen LogP contribution is 2.21. The fourth-order valence-electron chi connectivity index (χ4n) is 2.47. The third kappa shape index (κ3) is 3.80. The second-order valence-corrected chi connectivity index (χ2v) is 5.49. The van der Waals surface area contributed by atoms with Crippen LogP contribution in [-0.2, 0) is 11.3 Å². The Morgan fingerprint density at radius 1 is 1.22 bits per heavy atom. The van der Waals surface area contributed by atoms with Crippen LogP contribution in [0.4, 0.5) is 0 Å². The van der Waals surface area contributed by atoms with Gasteiger partial charge >= 0.3 is 0 Å². The first-order chi connectivity index (χ1) is 8.57. The van der Waals surface area contributed by atoms with Crippen molar-refractivity contribution in [2.24, 2.45) is 0 Å². The Kier molecular flexibility index (Phi) is 4.38. The first-order valence-corrected chi connectivity index (χ1v) is 6.62. The molecule has 2 rings (SSSR count). The molecule has 0 atom stereocenters. The molecule has 0 spiro atoms. The van der Waals surface area contributed by atoms with Crippen molar-refractivity contribution in [3.8, 4) is 0 Å². The van der Waals surface area contributed by atoms with Crippen LogP contribution in [0.2, 0.25) is 0 Å². The fraction of sp³-hybridized carbons (Fsp3) is 0.600. The second-order valence-electron chi connectivity index (χ2n) is 5.49. The van der Waals surface area contributed by atoms with E-state index >= 15 is 0 Å². The number of hydrogen-bond donors (Lipinski definition) is 1. The summed E-state index contributed by atoms with van der Waals surface area (Å²) in [5.74, 6) is 0. The van der Waals surface area contributed by atoms with E-state index in [2.05, 4.69) is 43.1 Å². The minimum absolute atomic E-state index is 0.572. The predicted octanol–water partition coefficient (Wildman–Crippen LogP) is 1.97. The smallest absolute Gasteiger partial charge is 0.0817 e. The van der Waals surface area contributed by atoms with E-state index in [1.54, 1.807) is 0 Å². The number of aliphatic hydroxyl groups is 1. The monoisotopic (exact) mass is 249 g/mol. The van der Waals surface area contributed by atoms with E-state index in [1.165, 1.54) is 11.1 Å². The Balaban J connectivity index is 1.87. The van der Waals surface area contributed by atoms with Crippen LogP contribution in [0.1, 0.15) is 24.0 Å². The molecule has 0 saturated carbocycles. The van der Waals surface area contributed by atoms with E-state index in [1.807, 2.05) is 0 Å². The van der Waals surface area contributed by atoms with Crippen molar-refractivity contribution in [3.63, 3.8) is 0 Å². The molecule has 0 aliphatic carbocycles. The molecule has 0 bridgehead atoms. The molecule has 0 amide bonds. The van der Waals surface area contributed by atoms with Gasteiger partial charge in [-0.1, -0.05) is 29.8 Å². The highest BCUT2D eigenvalue weighted by atomic mass is 16.5. The summed E-state index contributed by atoms with van der Waals surface area (Å²) < 4.78 is 5.30. The van der Waals surface area contributed by atoms with E-state index in [4.69, 9.17) is 4.74 Å². The Labute approximate surface area is 109 Å². The standard InChI is InChI=1S/C15H23NO2/c1-13-3-5-14(6-4-13)11-16(2)12-15(17)7-9-18-10-8-15/h3-6,17H,7-12H2,1-2H3. The first kappa shape index (κ1) is 13.5. The first-order valence-electron chi connectivity index (χ1n) is 6.62. The van der Waals surface area contributed by atoms with Crippen molar-refractivity contribution in [2.45, 2.75) is 31.9 Å². The van der Waals surface area contributed by atoms with Crippen molar-refractivity contribution < 1.29 is 9.84 Å². The van der Waals surface area contributed by atoms with Crippen LogP contribution in [0.5, 0.6) is 0 Å². The molecule has 0 radical (unpaired) electrons. The fourth-order valence-corrected chi connectivity index (χ4v) is 2.47. The van der Waals surface area contributed by atoms with Crippen LogP contribution in [0.3, 0.4) is 0 Å². The SMILES string of the molecule is Cc1ccc(CN(C)CC2(O)CCOCC2)cc1. The molecule has 18 heavy (non-hydrogen) atoms. The summed E-state index contributed by atoms with van der Waals surface area (Å²) in [7, 11) is 2.06. The topological polar surface area (TPSA) is 32.7 Å². The average molecular weight is 249 g/mol. The molecule has 1 fully saturated rings.